The molecule has 1 aromatic heterocycles. The SMILES string of the molecule is Cc1cc(/C=C(/C#N)C(=O)Nc2cccc(C(F)(F)F)c2)c(C)n1-c1ccc(Br)cc1F. The fraction of sp³-hybridized carbons (Fsp3) is 0.130. The lowest BCUT2D eigenvalue weighted by molar-refractivity contribution is -0.137. The third-order valence-corrected chi connectivity index (χ3v) is 5.23. The summed E-state index contributed by atoms with van der Waals surface area (Å²) in [7, 11) is 0. The summed E-state index contributed by atoms with van der Waals surface area (Å²) in [6.07, 6.45) is -3.24. The number of carbonyl (C=O) groups is 1. The molecule has 32 heavy (non-hydrogen) atoms. The molecule has 0 bridgehead atoms. The second-order valence-corrected chi connectivity index (χ2v) is 7.88. The molecule has 3 aromatic rings. The summed E-state index contributed by atoms with van der Waals surface area (Å²) >= 11 is 3.21. The Bertz CT molecular complexity index is 1270. The average molecular weight is 506 g/mol. The predicted molar refractivity (Wildman–Crippen MR) is 117 cm³/mol. The zero-order valence-electron chi connectivity index (χ0n) is 16.9. The van der Waals surface area contributed by atoms with E-state index < -0.39 is 23.5 Å². The van der Waals surface area contributed by atoms with Gasteiger partial charge in [0.15, 0.2) is 0 Å². The summed E-state index contributed by atoms with van der Waals surface area (Å²) in [4.78, 5) is 12.5. The first-order chi connectivity index (χ1) is 15.0. The molecular formula is C23H16BrF4N3O. The lowest BCUT2D eigenvalue weighted by atomic mass is 10.1. The Balaban J connectivity index is 1.93. The molecule has 1 N–H and O–H groups in total. The van der Waals surface area contributed by atoms with Gasteiger partial charge < -0.3 is 9.88 Å². The number of aromatic nitrogens is 1. The first-order valence-electron chi connectivity index (χ1n) is 9.26. The number of nitriles is 1. The number of alkyl halides is 3. The lowest BCUT2D eigenvalue weighted by Gasteiger charge is -2.11. The topological polar surface area (TPSA) is 57.8 Å². The summed E-state index contributed by atoms with van der Waals surface area (Å²) < 4.78 is 55.3. The number of aryl methyl sites for hydroxylation is 1. The largest absolute Gasteiger partial charge is 0.416 e. The monoisotopic (exact) mass is 505 g/mol. The van der Waals surface area contributed by atoms with Crippen LogP contribution in [-0.4, -0.2) is 10.5 Å². The number of nitrogens with zero attached hydrogens (tertiary/aromatic N) is 2. The smallest absolute Gasteiger partial charge is 0.321 e. The van der Waals surface area contributed by atoms with Crippen LogP contribution in [0.25, 0.3) is 11.8 Å². The molecule has 4 nitrogen and oxygen atoms in total. The van der Waals surface area contributed by atoms with Gasteiger partial charge in [-0.25, -0.2) is 4.39 Å². The van der Waals surface area contributed by atoms with Crippen molar-refractivity contribution in [2.45, 2.75) is 20.0 Å². The Kier molecular flexibility index (Phi) is 6.55. The van der Waals surface area contributed by atoms with E-state index in [0.717, 1.165) is 18.2 Å². The molecule has 9 heteroatoms. The Hall–Kier alpha value is -3.38. The molecule has 0 aliphatic heterocycles. The number of carbonyl (C=O) groups excluding carboxylic acids is 1. The van der Waals surface area contributed by atoms with Crippen molar-refractivity contribution in [1.82, 2.24) is 4.57 Å². The molecule has 0 unspecified atom stereocenters. The molecule has 0 aliphatic carbocycles. The Labute approximate surface area is 189 Å². The summed E-state index contributed by atoms with van der Waals surface area (Å²) in [5, 5.41) is 11.8. The van der Waals surface area contributed by atoms with Gasteiger partial charge in [0.05, 0.1) is 11.3 Å². The average Bonchev–Trinajstić information content (AvgIpc) is 2.99. The van der Waals surface area contributed by atoms with E-state index in [1.807, 2.05) is 0 Å². The molecule has 1 heterocycles. The maximum Gasteiger partial charge on any atom is 0.416 e. The van der Waals surface area contributed by atoms with Crippen molar-refractivity contribution in [1.29, 1.82) is 5.26 Å². The van der Waals surface area contributed by atoms with Gasteiger partial charge in [-0.1, -0.05) is 22.0 Å². The normalized spacial score (nSPS) is 11.9. The van der Waals surface area contributed by atoms with Crippen LogP contribution in [0.3, 0.4) is 0 Å². The molecule has 0 fully saturated rings. The highest BCUT2D eigenvalue weighted by Gasteiger charge is 2.30. The van der Waals surface area contributed by atoms with Gasteiger partial charge in [0.25, 0.3) is 5.91 Å². The maximum atomic E-state index is 14.5. The number of halogens is 5. The first kappa shape index (κ1) is 23.3. The Morgan fingerprint density at radius 3 is 2.50 bits per heavy atom. The molecule has 0 saturated carbocycles. The van der Waals surface area contributed by atoms with Crippen LogP contribution in [0.2, 0.25) is 0 Å². The molecule has 0 radical (unpaired) electrons. The zero-order chi connectivity index (χ0) is 23.6. The van der Waals surface area contributed by atoms with Crippen LogP contribution in [0, 0.1) is 31.0 Å². The van der Waals surface area contributed by atoms with E-state index in [4.69, 9.17) is 0 Å². The van der Waals surface area contributed by atoms with E-state index in [0.29, 0.717) is 27.1 Å². The van der Waals surface area contributed by atoms with Gasteiger partial charge in [-0.15, -0.1) is 0 Å². The van der Waals surface area contributed by atoms with Crippen molar-refractivity contribution in [3.8, 4) is 11.8 Å². The fourth-order valence-corrected chi connectivity index (χ4v) is 3.58. The third kappa shape index (κ3) is 4.92. The Morgan fingerprint density at radius 1 is 1.16 bits per heavy atom. The van der Waals surface area contributed by atoms with Crippen LogP contribution in [0.5, 0.6) is 0 Å². The van der Waals surface area contributed by atoms with Crippen LogP contribution in [0.15, 0.2) is 58.6 Å². The van der Waals surface area contributed by atoms with E-state index >= 15 is 0 Å². The molecule has 0 atom stereocenters. The zero-order valence-corrected chi connectivity index (χ0v) is 18.5. The van der Waals surface area contributed by atoms with Crippen molar-refractivity contribution in [3.05, 3.63) is 86.9 Å². The van der Waals surface area contributed by atoms with Gasteiger partial charge in [0.2, 0.25) is 0 Å². The highest BCUT2D eigenvalue weighted by molar-refractivity contribution is 9.10. The number of anilines is 1. The molecular weight excluding hydrogens is 490 g/mol. The van der Waals surface area contributed by atoms with Crippen LogP contribution >= 0.6 is 15.9 Å². The number of nitrogens with one attached hydrogen (secondary N) is 1. The molecule has 1 amide bonds. The van der Waals surface area contributed by atoms with Gasteiger partial charge in [-0.05, 0) is 68.0 Å². The number of rotatable bonds is 4. The first-order valence-corrected chi connectivity index (χ1v) is 10.1. The minimum absolute atomic E-state index is 0.0895. The molecule has 2 aromatic carbocycles. The number of hydrogen-bond acceptors (Lipinski definition) is 2. The molecule has 0 spiro atoms. The van der Waals surface area contributed by atoms with Gasteiger partial charge in [0, 0.05) is 21.5 Å². The Morgan fingerprint density at radius 2 is 1.88 bits per heavy atom. The summed E-state index contributed by atoms with van der Waals surface area (Å²) in [6, 6.07) is 12.2. The lowest BCUT2D eigenvalue weighted by Crippen LogP contribution is -2.14. The van der Waals surface area contributed by atoms with Gasteiger partial charge in [-0.2, -0.15) is 18.4 Å². The van der Waals surface area contributed by atoms with Crippen LogP contribution in [0.1, 0.15) is 22.5 Å². The van der Waals surface area contributed by atoms with Crippen LogP contribution < -0.4 is 5.32 Å². The molecule has 0 aliphatic rings. The fourth-order valence-electron chi connectivity index (χ4n) is 3.24. The quantitative estimate of drug-likeness (QED) is 0.248. The highest BCUT2D eigenvalue weighted by atomic mass is 79.9. The van der Waals surface area contributed by atoms with Gasteiger partial charge in [-0.3, -0.25) is 4.79 Å². The van der Waals surface area contributed by atoms with Crippen molar-refractivity contribution < 1.29 is 22.4 Å². The molecule has 164 valence electrons. The van der Waals surface area contributed by atoms with Crippen molar-refractivity contribution in [2.75, 3.05) is 5.32 Å². The van der Waals surface area contributed by atoms with Gasteiger partial charge in [0.1, 0.15) is 17.5 Å². The predicted octanol–water partition coefficient (Wildman–Crippen LogP) is 6.56. The summed E-state index contributed by atoms with van der Waals surface area (Å²) in [5.41, 5.74) is 0.745. The standard InChI is InChI=1S/C23H16BrF4N3O/c1-13-8-15(14(2)31(13)21-7-6-18(24)11-20(21)25)9-16(12-29)22(32)30-19-5-3-4-17(10-19)23(26,27)28/h3-11H,1-2H3,(H,30,32)/b16-9-. The minimum Gasteiger partial charge on any atom is -0.321 e. The molecule has 0 saturated heterocycles. The maximum absolute atomic E-state index is 14.5. The third-order valence-electron chi connectivity index (χ3n) is 4.73. The van der Waals surface area contributed by atoms with E-state index in [9.17, 15) is 27.6 Å². The second-order valence-electron chi connectivity index (χ2n) is 6.96. The van der Waals surface area contributed by atoms with Crippen molar-refractivity contribution in [2.24, 2.45) is 0 Å². The summed E-state index contributed by atoms with van der Waals surface area (Å²) in [6.45, 7) is 3.46. The number of benzene rings is 2. The van der Waals surface area contributed by atoms with E-state index in [2.05, 4.69) is 21.2 Å². The van der Waals surface area contributed by atoms with Crippen LogP contribution in [-0.2, 0) is 11.0 Å². The summed E-state index contributed by atoms with van der Waals surface area (Å²) in [5.74, 6) is -1.31. The minimum atomic E-state index is -4.56. The molecule has 3 rings (SSSR count). The highest BCUT2D eigenvalue weighted by Crippen LogP contribution is 2.31. The van der Waals surface area contributed by atoms with Crippen LogP contribution in [0.4, 0.5) is 23.2 Å². The van der Waals surface area contributed by atoms with E-state index in [-0.39, 0.29) is 11.3 Å². The van der Waals surface area contributed by atoms with Crippen molar-refractivity contribution in [3.63, 3.8) is 0 Å². The van der Waals surface area contributed by atoms with Crippen molar-refractivity contribution >= 4 is 33.6 Å². The van der Waals surface area contributed by atoms with E-state index in [1.54, 1.807) is 42.7 Å². The number of hydrogen-bond donors (Lipinski definition) is 1. The van der Waals surface area contributed by atoms with E-state index in [1.165, 1.54) is 18.2 Å². The number of amides is 1. The second kappa shape index (κ2) is 9.01. The van der Waals surface area contributed by atoms with Gasteiger partial charge >= 0.3 is 6.18 Å².